The molecule has 0 bridgehead atoms. The van der Waals surface area contributed by atoms with E-state index in [4.69, 9.17) is 0 Å². The zero-order valence-corrected chi connectivity index (χ0v) is 42.4. The first-order valence-corrected chi connectivity index (χ1v) is 26.2. The molecule has 0 aliphatic rings. The average molecular weight is 999 g/mol. The van der Waals surface area contributed by atoms with Crippen LogP contribution in [-0.4, -0.2) is 140 Å². The van der Waals surface area contributed by atoms with E-state index >= 15 is 0 Å². The Morgan fingerprint density at radius 2 is 0.717 bits per heavy atom. The van der Waals surface area contributed by atoms with Crippen LogP contribution in [0.4, 0.5) is 0 Å². The van der Waals surface area contributed by atoms with Crippen LogP contribution < -0.4 is 0 Å². The molecule has 0 aliphatic carbocycles. The van der Waals surface area contributed by atoms with E-state index in [9.17, 15) is 42.1 Å². The first-order valence-electron chi connectivity index (χ1n) is 17.8. The highest BCUT2D eigenvalue weighted by molar-refractivity contribution is 9.10. The molecule has 0 unspecified atom stereocenters. The zero-order chi connectivity index (χ0) is 47.0. The van der Waals surface area contributed by atoms with Crippen LogP contribution in [0.3, 0.4) is 0 Å². The van der Waals surface area contributed by atoms with E-state index < -0.39 is 50.1 Å². The summed E-state index contributed by atoms with van der Waals surface area (Å²) in [6.45, 7) is 5.83. The van der Waals surface area contributed by atoms with Crippen LogP contribution in [0.5, 0.6) is 0 Å². The molecule has 21 heteroatoms. The van der Waals surface area contributed by atoms with Gasteiger partial charge in [0.05, 0.1) is 25.8 Å². The van der Waals surface area contributed by atoms with Crippen LogP contribution in [0.1, 0.15) is 23.6 Å². The summed E-state index contributed by atoms with van der Waals surface area (Å²) >= 11 is 3.24. The molecule has 0 fully saturated rings. The van der Waals surface area contributed by atoms with Crippen molar-refractivity contribution in [2.75, 3.05) is 76.7 Å². The smallest absolute Gasteiger partial charge is 0.213 e. The topological polar surface area (TPSA) is 187 Å². The van der Waals surface area contributed by atoms with Crippen LogP contribution in [0.2, 0.25) is 0 Å². The lowest BCUT2D eigenvalue weighted by Crippen LogP contribution is -2.22. The van der Waals surface area contributed by atoms with Crippen LogP contribution in [0.25, 0.3) is 0 Å². The van der Waals surface area contributed by atoms with Gasteiger partial charge in [-0.15, -0.1) is 0 Å². The maximum absolute atomic E-state index is 11.7. The van der Waals surface area contributed by atoms with Gasteiger partial charge in [-0.1, -0.05) is 64.8 Å². The molecule has 0 heterocycles. The lowest BCUT2D eigenvalue weighted by atomic mass is 10.2. The predicted molar refractivity (Wildman–Crippen MR) is 244 cm³/mol. The third kappa shape index (κ3) is 18.5. The molecule has 0 saturated carbocycles. The molecule has 0 aromatic heterocycles. The number of rotatable bonds is 10. The summed E-state index contributed by atoms with van der Waals surface area (Å²) in [4.78, 5) is 1.33. The van der Waals surface area contributed by atoms with Gasteiger partial charge in [0.25, 0.3) is 0 Å². The molecule has 60 heavy (non-hydrogen) atoms. The molecule has 15 nitrogen and oxygen atoms in total. The Hall–Kier alpha value is -3.09. The van der Waals surface area contributed by atoms with Crippen LogP contribution in [-0.2, 0) is 56.5 Å². The third-order valence-corrected chi connectivity index (χ3v) is 17.1. The predicted octanol–water partition coefficient (Wildman–Crippen LogP) is 5.20. The van der Waals surface area contributed by atoms with Crippen LogP contribution >= 0.6 is 15.9 Å². The molecular weight excluding hydrogens is 939 g/mol. The monoisotopic (exact) mass is 997 g/mol. The van der Waals surface area contributed by atoms with Gasteiger partial charge in [-0.3, -0.25) is 0 Å². The quantitative estimate of drug-likeness (QED) is 0.205. The Balaban J connectivity index is 0.000000736. The fourth-order valence-electron chi connectivity index (χ4n) is 3.83. The van der Waals surface area contributed by atoms with Crippen molar-refractivity contribution in [2.24, 2.45) is 0 Å². The normalized spacial score (nSPS) is 12.1. The third-order valence-electron chi connectivity index (χ3n) is 7.93. The van der Waals surface area contributed by atoms with E-state index in [2.05, 4.69) is 15.9 Å². The molecule has 338 valence electrons. The molecule has 4 aromatic carbocycles. The Kier molecular flexibility index (Phi) is 23.3. The highest BCUT2D eigenvalue weighted by Gasteiger charge is 2.18. The van der Waals surface area contributed by atoms with E-state index in [0.717, 1.165) is 38.1 Å². The summed E-state index contributed by atoms with van der Waals surface area (Å²) in [5.41, 5.74) is 3.14. The van der Waals surface area contributed by atoms with Crippen molar-refractivity contribution < 1.29 is 42.1 Å². The van der Waals surface area contributed by atoms with Gasteiger partial charge in [0.1, 0.15) is 0 Å². The molecule has 0 N–H and O–H groups in total. The first kappa shape index (κ1) is 56.9. The minimum absolute atomic E-state index is 0.306. The summed E-state index contributed by atoms with van der Waals surface area (Å²) in [5, 5.41) is 0. The van der Waals surface area contributed by atoms with Crippen molar-refractivity contribution in [3.8, 4) is 0 Å². The number of benzene rings is 4. The number of hydrogen-bond acceptors (Lipinski definition) is 10. The Labute approximate surface area is 369 Å². The van der Waals surface area contributed by atoms with Crippen molar-refractivity contribution in [3.05, 3.63) is 118 Å². The standard InChI is InChI=1S/C10H15NO2S.2C9H13NO2S.C8H10BrNO2S.C3H9NO2S/c1-4-9-5-7-10(8-6-9)14(12,13)11(2)3;1-8-4-6-9(7-5-8)13(11,12)10(2)3;1-8-5-4-6-9(7-8)13(11,12)10(2)3;1-10(2)13(11,12)8-5-3-7(9)4-6-8;1-4(2)7(3,5)6/h5-8H,4H2,1-3H3;2*4-7H,1-3H3;3-6H,1-2H3;1-3H3. The van der Waals surface area contributed by atoms with Crippen molar-refractivity contribution >= 4 is 66.0 Å². The van der Waals surface area contributed by atoms with E-state index in [1.807, 2.05) is 39.0 Å². The van der Waals surface area contributed by atoms with Crippen LogP contribution in [0, 0.1) is 13.8 Å². The number of hydrogen-bond donors (Lipinski definition) is 0. The van der Waals surface area contributed by atoms with E-state index in [1.54, 1.807) is 78.9 Å². The molecule has 0 saturated heterocycles. The molecule has 0 amide bonds. The molecule has 4 rings (SSSR count). The lowest BCUT2D eigenvalue weighted by Gasteiger charge is -2.11. The summed E-state index contributed by atoms with van der Waals surface area (Å²) in [5.74, 6) is 0. The van der Waals surface area contributed by atoms with Gasteiger partial charge in [-0.2, -0.15) is 0 Å². The number of nitrogens with zero attached hydrogens (tertiary/aromatic N) is 5. The summed E-state index contributed by atoms with van der Waals surface area (Å²) in [7, 11) is -0.812. The van der Waals surface area contributed by atoms with E-state index in [-0.39, 0.29) is 0 Å². The van der Waals surface area contributed by atoms with Gasteiger partial charge in [-0.05, 0) is 92.1 Å². The maximum atomic E-state index is 11.7. The average Bonchev–Trinajstić information content (AvgIpc) is 3.15. The van der Waals surface area contributed by atoms with Gasteiger partial charge < -0.3 is 0 Å². The van der Waals surface area contributed by atoms with Crippen LogP contribution in [0.15, 0.2) is 121 Å². The van der Waals surface area contributed by atoms with Gasteiger partial charge >= 0.3 is 0 Å². The van der Waals surface area contributed by atoms with Gasteiger partial charge in [0, 0.05) is 74.9 Å². The van der Waals surface area contributed by atoms with Crippen molar-refractivity contribution in [3.63, 3.8) is 0 Å². The summed E-state index contributed by atoms with van der Waals surface area (Å²) in [6.07, 6.45) is 2.08. The summed E-state index contributed by atoms with van der Waals surface area (Å²) < 4.78 is 120. The summed E-state index contributed by atoms with van der Waals surface area (Å²) in [6, 6.07) is 27.2. The Morgan fingerprint density at radius 3 is 1.00 bits per heavy atom. The van der Waals surface area contributed by atoms with Crippen molar-refractivity contribution in [1.29, 1.82) is 0 Å². The maximum Gasteiger partial charge on any atom is 0.242 e. The Morgan fingerprint density at radius 1 is 0.417 bits per heavy atom. The molecular formula is C39H60BrN5O10S5. The molecule has 0 spiro atoms. The molecule has 0 aliphatic heterocycles. The minimum Gasteiger partial charge on any atom is -0.213 e. The largest absolute Gasteiger partial charge is 0.242 e. The van der Waals surface area contributed by atoms with E-state index in [1.165, 1.54) is 87.7 Å². The fraction of sp³-hybridized carbons (Fsp3) is 0.385. The number of halogens is 1. The van der Waals surface area contributed by atoms with Gasteiger partial charge in [-0.25, -0.2) is 63.6 Å². The first-order chi connectivity index (χ1) is 27.3. The second-order valence-electron chi connectivity index (χ2n) is 13.8. The highest BCUT2D eigenvalue weighted by atomic mass is 79.9. The van der Waals surface area contributed by atoms with Gasteiger partial charge in [0.15, 0.2) is 0 Å². The number of sulfonamides is 5. The minimum atomic E-state index is -3.28. The molecule has 4 aromatic rings. The lowest BCUT2D eigenvalue weighted by molar-refractivity contribution is 0.519. The van der Waals surface area contributed by atoms with Gasteiger partial charge in [0.2, 0.25) is 50.1 Å². The van der Waals surface area contributed by atoms with Crippen molar-refractivity contribution in [1.82, 2.24) is 21.5 Å². The number of aryl methyl sites for hydroxylation is 3. The Bertz CT molecular complexity index is 2420. The molecule has 0 radical (unpaired) electrons. The zero-order valence-electron chi connectivity index (χ0n) is 36.7. The van der Waals surface area contributed by atoms with Crippen molar-refractivity contribution in [2.45, 2.75) is 46.8 Å². The second kappa shape index (κ2) is 24.5. The van der Waals surface area contributed by atoms with E-state index in [0.29, 0.717) is 19.6 Å². The fourth-order valence-corrected chi connectivity index (χ4v) is 7.81. The second-order valence-corrected chi connectivity index (χ2v) is 25.5. The molecule has 0 atom stereocenters. The highest BCUT2D eigenvalue weighted by Crippen LogP contribution is 2.18. The SMILES string of the molecule is CCc1ccc(S(=O)(=O)N(C)C)cc1.CN(C)S(=O)(=O)c1ccc(Br)cc1.CN(C)S(C)(=O)=O.Cc1ccc(S(=O)(=O)N(C)C)cc1.Cc1cccc(S(=O)(=O)N(C)C)c1.